The number of imidazole rings is 1. The second-order valence-corrected chi connectivity index (χ2v) is 11.6. The zero-order valence-corrected chi connectivity index (χ0v) is 21.1. The number of carbonyl (C=O) groups excluding carboxylic acids is 1. The van der Waals surface area contributed by atoms with Gasteiger partial charge in [-0.05, 0) is 26.8 Å². The summed E-state index contributed by atoms with van der Waals surface area (Å²) in [5.41, 5.74) is 0.588. The summed E-state index contributed by atoms with van der Waals surface area (Å²) in [6.45, 7) is 12.1. The van der Waals surface area contributed by atoms with Gasteiger partial charge < -0.3 is 14.6 Å². The molecule has 0 saturated heterocycles. The minimum Gasteiger partial charge on any atom is -0.374 e. The molecule has 0 saturated carbocycles. The van der Waals surface area contributed by atoms with Crippen LogP contribution in [0.25, 0.3) is 21.9 Å². The number of nitrogens with zero attached hydrogens (tertiary/aromatic N) is 3. The Kier molecular flexibility index (Phi) is 6.84. The predicted octanol–water partition coefficient (Wildman–Crippen LogP) is 3.43. The van der Waals surface area contributed by atoms with Crippen LogP contribution >= 0.6 is 0 Å². The van der Waals surface area contributed by atoms with Crippen molar-refractivity contribution in [3.8, 4) is 0 Å². The van der Waals surface area contributed by atoms with Crippen LogP contribution in [0.4, 0.5) is 5.82 Å². The van der Waals surface area contributed by atoms with Gasteiger partial charge in [-0.25, -0.2) is 23.1 Å². The van der Waals surface area contributed by atoms with E-state index in [1.165, 1.54) is 0 Å². The highest BCUT2D eigenvalue weighted by Crippen LogP contribution is 2.32. The number of sulfonamides is 1. The molecule has 2 aromatic heterocycles. The Morgan fingerprint density at radius 3 is 2.39 bits per heavy atom. The number of rotatable bonds is 8. The molecule has 1 amide bonds. The quantitative estimate of drug-likeness (QED) is 0.516. The number of hydrogen-bond acceptors (Lipinski definition) is 6. The van der Waals surface area contributed by atoms with Crippen LogP contribution in [-0.2, 0) is 32.7 Å². The first kappa shape index (κ1) is 25.1. The molecule has 180 valence electrons. The third-order valence-corrected chi connectivity index (χ3v) is 5.95. The molecule has 33 heavy (non-hydrogen) atoms. The number of carbonyl (C=O) groups is 1. The van der Waals surface area contributed by atoms with Crippen LogP contribution in [0.5, 0.6) is 0 Å². The highest BCUT2D eigenvalue weighted by molar-refractivity contribution is 7.88. The highest BCUT2D eigenvalue weighted by atomic mass is 32.2. The number of pyridine rings is 1. The van der Waals surface area contributed by atoms with E-state index >= 15 is 0 Å². The number of fused-ring (bicyclic) bond motifs is 3. The van der Waals surface area contributed by atoms with Crippen LogP contribution in [-0.4, -0.2) is 47.3 Å². The average molecular weight is 476 g/mol. The van der Waals surface area contributed by atoms with Crippen molar-refractivity contribution in [2.45, 2.75) is 60.2 Å². The fourth-order valence-electron chi connectivity index (χ4n) is 3.67. The van der Waals surface area contributed by atoms with Gasteiger partial charge in [-0.2, -0.15) is 0 Å². The van der Waals surface area contributed by atoms with Crippen molar-refractivity contribution in [1.29, 1.82) is 0 Å². The molecule has 10 heteroatoms. The molecule has 2 N–H and O–H groups in total. The maximum atomic E-state index is 12.8. The summed E-state index contributed by atoms with van der Waals surface area (Å²) in [5.74, 6) is 0.820. The van der Waals surface area contributed by atoms with E-state index in [1.807, 2.05) is 70.4 Å². The van der Waals surface area contributed by atoms with Gasteiger partial charge in [0, 0.05) is 29.5 Å². The van der Waals surface area contributed by atoms with Crippen molar-refractivity contribution < 1.29 is 17.9 Å². The molecule has 1 aromatic carbocycles. The second-order valence-electron chi connectivity index (χ2n) is 9.89. The summed E-state index contributed by atoms with van der Waals surface area (Å²) >= 11 is 0. The van der Waals surface area contributed by atoms with Gasteiger partial charge in [-0.15, -0.1) is 0 Å². The smallest absolute Gasteiger partial charge is 0.230 e. The van der Waals surface area contributed by atoms with Gasteiger partial charge in [-0.3, -0.25) is 4.79 Å². The lowest BCUT2D eigenvalue weighted by molar-refractivity contribution is -0.123. The van der Waals surface area contributed by atoms with Crippen molar-refractivity contribution in [3.05, 3.63) is 30.1 Å². The summed E-state index contributed by atoms with van der Waals surface area (Å²) in [5, 5.41) is 3.79. The molecular weight excluding hydrogens is 442 g/mol. The predicted molar refractivity (Wildman–Crippen MR) is 131 cm³/mol. The fourth-order valence-corrected chi connectivity index (χ4v) is 4.74. The molecule has 0 bridgehead atoms. The van der Waals surface area contributed by atoms with Gasteiger partial charge in [0.05, 0.1) is 17.3 Å². The van der Waals surface area contributed by atoms with E-state index in [2.05, 4.69) is 15.0 Å². The standard InChI is InChI=1S/C23H33N5O4S/c1-8-32-13-17-25-18-19(28(17)14-23(5,6)27-33(7,30)31)15-11-9-10-12-16(15)24-20(18)26-21(29)22(2,3)4/h9-12,27H,8,13-14H2,1-7H3,(H,24,26,29). The summed E-state index contributed by atoms with van der Waals surface area (Å²) < 4.78 is 34.2. The number of aromatic nitrogens is 3. The van der Waals surface area contributed by atoms with Crippen LogP contribution in [0.2, 0.25) is 0 Å². The number of amides is 1. The van der Waals surface area contributed by atoms with Gasteiger partial charge in [0.15, 0.2) is 5.82 Å². The monoisotopic (exact) mass is 475 g/mol. The number of ether oxygens (including phenoxy) is 1. The normalized spacial score (nSPS) is 13.1. The van der Waals surface area contributed by atoms with E-state index in [0.29, 0.717) is 35.8 Å². The summed E-state index contributed by atoms with van der Waals surface area (Å²) in [6.07, 6.45) is 1.14. The molecule has 0 atom stereocenters. The van der Waals surface area contributed by atoms with Crippen molar-refractivity contribution >= 4 is 43.7 Å². The maximum Gasteiger partial charge on any atom is 0.230 e. The van der Waals surface area contributed by atoms with Crippen LogP contribution in [0.15, 0.2) is 24.3 Å². The number of anilines is 1. The molecule has 0 radical (unpaired) electrons. The van der Waals surface area contributed by atoms with E-state index in [4.69, 9.17) is 9.72 Å². The van der Waals surface area contributed by atoms with Crippen LogP contribution < -0.4 is 10.0 Å². The van der Waals surface area contributed by atoms with Crippen LogP contribution in [0, 0.1) is 5.41 Å². The average Bonchev–Trinajstić information content (AvgIpc) is 3.01. The molecule has 0 aliphatic carbocycles. The Balaban J connectivity index is 2.28. The number of para-hydroxylation sites is 1. The zero-order valence-electron chi connectivity index (χ0n) is 20.3. The van der Waals surface area contributed by atoms with Crippen molar-refractivity contribution in [3.63, 3.8) is 0 Å². The molecule has 0 aliphatic heterocycles. The molecule has 0 unspecified atom stereocenters. The Bertz CT molecular complexity index is 1290. The van der Waals surface area contributed by atoms with Crippen molar-refractivity contribution in [2.75, 3.05) is 18.2 Å². The summed E-state index contributed by atoms with van der Waals surface area (Å²) in [4.78, 5) is 22.3. The maximum absolute atomic E-state index is 12.8. The first-order valence-electron chi connectivity index (χ1n) is 10.9. The minimum absolute atomic E-state index is 0.174. The van der Waals surface area contributed by atoms with Crippen molar-refractivity contribution in [2.24, 2.45) is 5.41 Å². The Morgan fingerprint density at radius 1 is 1.12 bits per heavy atom. The number of benzene rings is 1. The SMILES string of the molecule is CCOCc1nc2c(NC(=O)C(C)(C)C)nc3ccccc3c2n1CC(C)(C)NS(C)(=O)=O. The zero-order chi connectivity index (χ0) is 24.6. The van der Waals surface area contributed by atoms with E-state index in [0.717, 1.165) is 17.2 Å². The summed E-state index contributed by atoms with van der Waals surface area (Å²) in [6, 6.07) is 7.62. The molecule has 0 spiro atoms. The van der Waals surface area contributed by atoms with Gasteiger partial charge in [-0.1, -0.05) is 39.0 Å². The lowest BCUT2D eigenvalue weighted by Gasteiger charge is -2.27. The lowest BCUT2D eigenvalue weighted by Crippen LogP contribution is -2.46. The van der Waals surface area contributed by atoms with E-state index in [9.17, 15) is 13.2 Å². The fraction of sp³-hybridized carbons (Fsp3) is 0.522. The molecule has 3 aromatic rings. The number of nitrogens with one attached hydrogen (secondary N) is 2. The Morgan fingerprint density at radius 2 is 1.79 bits per heavy atom. The van der Waals surface area contributed by atoms with Gasteiger partial charge >= 0.3 is 0 Å². The van der Waals surface area contributed by atoms with E-state index < -0.39 is 21.0 Å². The van der Waals surface area contributed by atoms with Gasteiger partial charge in [0.1, 0.15) is 17.9 Å². The second kappa shape index (κ2) is 9.00. The Labute approximate surface area is 195 Å². The largest absolute Gasteiger partial charge is 0.374 e. The van der Waals surface area contributed by atoms with Crippen molar-refractivity contribution in [1.82, 2.24) is 19.3 Å². The molecule has 3 rings (SSSR count). The van der Waals surface area contributed by atoms with Crippen LogP contribution in [0.3, 0.4) is 0 Å². The highest BCUT2D eigenvalue weighted by Gasteiger charge is 2.28. The van der Waals surface area contributed by atoms with Gasteiger partial charge in [0.2, 0.25) is 15.9 Å². The number of hydrogen-bond donors (Lipinski definition) is 2. The molecule has 0 aliphatic rings. The lowest BCUT2D eigenvalue weighted by atomic mass is 9.96. The molecule has 0 fully saturated rings. The molecule has 9 nitrogen and oxygen atoms in total. The molecular formula is C23H33N5O4S. The van der Waals surface area contributed by atoms with Gasteiger partial charge in [0.25, 0.3) is 0 Å². The third-order valence-electron chi connectivity index (χ3n) is 5.03. The first-order chi connectivity index (χ1) is 15.2. The molecule has 2 heterocycles. The summed E-state index contributed by atoms with van der Waals surface area (Å²) in [7, 11) is -3.44. The van der Waals surface area contributed by atoms with E-state index in [1.54, 1.807) is 0 Å². The van der Waals surface area contributed by atoms with E-state index in [-0.39, 0.29) is 12.5 Å². The first-order valence-corrected chi connectivity index (χ1v) is 12.8. The topological polar surface area (TPSA) is 115 Å². The van der Waals surface area contributed by atoms with Crippen LogP contribution in [0.1, 0.15) is 47.4 Å². The minimum atomic E-state index is -3.44. The Hall–Kier alpha value is -2.56. The third kappa shape index (κ3) is 5.87.